The quantitative estimate of drug-likeness (QED) is 0.760. The highest BCUT2D eigenvalue weighted by atomic mass is 16.3. The van der Waals surface area contributed by atoms with Crippen molar-refractivity contribution in [1.82, 2.24) is 9.88 Å². The van der Waals surface area contributed by atoms with Crippen LogP contribution in [0.5, 0.6) is 0 Å². The maximum Gasteiger partial charge on any atom is 0.239 e. The Morgan fingerprint density at radius 3 is 2.83 bits per heavy atom. The average Bonchev–Trinajstić information content (AvgIpc) is 3.13. The highest BCUT2D eigenvalue weighted by molar-refractivity contribution is 5.86. The Labute approximate surface area is 135 Å². The number of hydrogen-bond donors (Lipinski definition) is 2. The number of carbonyl (C=O) groups excluding carboxylic acids is 1. The SMILES string of the molecule is Cc1ccc(CN(C)C(=O)[C@@H](N)Cc2c[nH]c3ccccc23)o1. The lowest BCUT2D eigenvalue weighted by molar-refractivity contribution is -0.132. The molecule has 1 atom stereocenters. The predicted molar refractivity (Wildman–Crippen MR) is 89.9 cm³/mol. The number of nitrogens with two attached hydrogens (primary N) is 1. The molecule has 0 spiro atoms. The van der Waals surface area contributed by atoms with Gasteiger partial charge in [-0.3, -0.25) is 4.79 Å². The van der Waals surface area contributed by atoms with Gasteiger partial charge in [0.05, 0.1) is 12.6 Å². The molecule has 120 valence electrons. The van der Waals surface area contributed by atoms with Gasteiger partial charge in [-0.2, -0.15) is 0 Å². The minimum atomic E-state index is -0.574. The molecule has 2 heterocycles. The zero-order valence-corrected chi connectivity index (χ0v) is 13.4. The average molecular weight is 311 g/mol. The van der Waals surface area contributed by atoms with E-state index in [0.717, 1.165) is 28.0 Å². The van der Waals surface area contributed by atoms with Gasteiger partial charge in [-0.25, -0.2) is 0 Å². The fourth-order valence-electron chi connectivity index (χ4n) is 2.79. The molecule has 3 aromatic rings. The fraction of sp³-hybridized carbons (Fsp3) is 0.278. The van der Waals surface area contributed by atoms with E-state index in [1.807, 2.05) is 49.5 Å². The first-order valence-electron chi connectivity index (χ1n) is 7.65. The van der Waals surface area contributed by atoms with E-state index < -0.39 is 6.04 Å². The maximum absolute atomic E-state index is 12.5. The molecule has 0 aliphatic heterocycles. The largest absolute Gasteiger partial charge is 0.464 e. The molecule has 0 unspecified atom stereocenters. The number of aromatic nitrogens is 1. The number of benzene rings is 1. The lowest BCUT2D eigenvalue weighted by Gasteiger charge is -2.20. The summed E-state index contributed by atoms with van der Waals surface area (Å²) in [4.78, 5) is 17.3. The minimum Gasteiger partial charge on any atom is -0.464 e. The van der Waals surface area contributed by atoms with Crippen molar-refractivity contribution >= 4 is 16.8 Å². The topological polar surface area (TPSA) is 75.3 Å². The van der Waals surface area contributed by atoms with E-state index in [2.05, 4.69) is 4.98 Å². The number of furan rings is 1. The number of nitrogens with one attached hydrogen (secondary N) is 1. The molecule has 3 rings (SSSR count). The van der Waals surface area contributed by atoms with Crippen LogP contribution in [-0.4, -0.2) is 28.9 Å². The smallest absolute Gasteiger partial charge is 0.239 e. The van der Waals surface area contributed by atoms with Gasteiger partial charge in [0, 0.05) is 24.1 Å². The van der Waals surface area contributed by atoms with Crippen molar-refractivity contribution < 1.29 is 9.21 Å². The van der Waals surface area contributed by atoms with Gasteiger partial charge in [-0.05, 0) is 37.1 Å². The van der Waals surface area contributed by atoms with Gasteiger partial charge < -0.3 is 20.0 Å². The number of likely N-dealkylation sites (N-methyl/N-ethyl adjacent to an activating group) is 1. The Morgan fingerprint density at radius 1 is 1.30 bits per heavy atom. The number of hydrogen-bond acceptors (Lipinski definition) is 3. The van der Waals surface area contributed by atoms with Crippen LogP contribution < -0.4 is 5.73 Å². The highest BCUT2D eigenvalue weighted by Crippen LogP contribution is 2.19. The number of para-hydroxylation sites is 1. The molecule has 1 aromatic carbocycles. The summed E-state index contributed by atoms with van der Waals surface area (Å²) < 4.78 is 5.51. The second-order valence-electron chi connectivity index (χ2n) is 5.88. The normalized spacial score (nSPS) is 12.5. The molecular formula is C18H21N3O2. The predicted octanol–water partition coefficient (Wildman–Crippen LogP) is 2.60. The third kappa shape index (κ3) is 3.29. The Bertz CT molecular complexity index is 818. The molecule has 23 heavy (non-hydrogen) atoms. The summed E-state index contributed by atoms with van der Waals surface area (Å²) in [5.74, 6) is 1.51. The van der Waals surface area contributed by atoms with E-state index in [9.17, 15) is 4.79 Å². The molecule has 0 saturated carbocycles. The van der Waals surface area contributed by atoms with E-state index in [1.54, 1.807) is 11.9 Å². The van der Waals surface area contributed by atoms with Gasteiger partial charge in [0.25, 0.3) is 0 Å². The van der Waals surface area contributed by atoms with E-state index in [-0.39, 0.29) is 5.91 Å². The third-order valence-electron chi connectivity index (χ3n) is 4.00. The van der Waals surface area contributed by atoms with Gasteiger partial charge in [0.15, 0.2) is 0 Å². The lowest BCUT2D eigenvalue weighted by Crippen LogP contribution is -2.42. The van der Waals surface area contributed by atoms with Crippen LogP contribution >= 0.6 is 0 Å². The molecule has 0 bridgehead atoms. The maximum atomic E-state index is 12.5. The minimum absolute atomic E-state index is 0.0932. The van der Waals surface area contributed by atoms with E-state index >= 15 is 0 Å². The molecule has 0 aliphatic carbocycles. The van der Waals surface area contributed by atoms with Crippen LogP contribution in [-0.2, 0) is 17.8 Å². The van der Waals surface area contributed by atoms with E-state index in [1.165, 1.54) is 0 Å². The number of amides is 1. The number of carbonyl (C=O) groups is 1. The van der Waals surface area contributed by atoms with Gasteiger partial charge in [0.2, 0.25) is 5.91 Å². The molecule has 0 aliphatic rings. The molecule has 5 heteroatoms. The first kappa shape index (κ1) is 15.4. The second kappa shape index (κ2) is 6.30. The number of nitrogens with zero attached hydrogens (tertiary/aromatic N) is 1. The van der Waals surface area contributed by atoms with Crippen LogP contribution in [0.4, 0.5) is 0 Å². The molecule has 2 aromatic heterocycles. The second-order valence-corrected chi connectivity index (χ2v) is 5.88. The van der Waals surface area contributed by atoms with E-state index in [4.69, 9.17) is 10.2 Å². The number of fused-ring (bicyclic) bond motifs is 1. The zero-order chi connectivity index (χ0) is 16.4. The molecular weight excluding hydrogens is 290 g/mol. The van der Waals surface area contributed by atoms with Crippen LogP contribution in [0, 0.1) is 6.92 Å². The Morgan fingerprint density at radius 2 is 2.09 bits per heavy atom. The number of aromatic amines is 1. The number of rotatable bonds is 5. The first-order chi connectivity index (χ1) is 11.0. The third-order valence-corrected chi connectivity index (χ3v) is 4.00. The summed E-state index contributed by atoms with van der Waals surface area (Å²) in [7, 11) is 1.75. The van der Waals surface area contributed by atoms with Gasteiger partial charge >= 0.3 is 0 Å². The zero-order valence-electron chi connectivity index (χ0n) is 13.4. The van der Waals surface area contributed by atoms with Crippen molar-refractivity contribution in [3.8, 4) is 0 Å². The summed E-state index contributed by atoms with van der Waals surface area (Å²) in [5, 5.41) is 1.11. The molecule has 1 amide bonds. The molecule has 0 radical (unpaired) electrons. The lowest BCUT2D eigenvalue weighted by atomic mass is 10.0. The summed E-state index contributed by atoms with van der Waals surface area (Å²) in [6.07, 6.45) is 2.43. The molecule has 0 fully saturated rings. The van der Waals surface area contributed by atoms with Crippen molar-refractivity contribution in [3.63, 3.8) is 0 Å². The van der Waals surface area contributed by atoms with Crippen molar-refractivity contribution in [2.24, 2.45) is 5.73 Å². The first-order valence-corrected chi connectivity index (χ1v) is 7.65. The molecule has 3 N–H and O–H groups in total. The van der Waals surface area contributed by atoms with Gasteiger partial charge in [0.1, 0.15) is 11.5 Å². The van der Waals surface area contributed by atoms with Crippen LogP contribution in [0.3, 0.4) is 0 Å². The fourth-order valence-corrected chi connectivity index (χ4v) is 2.79. The van der Waals surface area contributed by atoms with Crippen LogP contribution in [0.2, 0.25) is 0 Å². The Kier molecular flexibility index (Phi) is 4.21. The van der Waals surface area contributed by atoms with Crippen molar-refractivity contribution in [3.05, 3.63) is 59.7 Å². The summed E-state index contributed by atoms with van der Waals surface area (Å²) in [6, 6.07) is 11.2. The Hall–Kier alpha value is -2.53. The van der Waals surface area contributed by atoms with Crippen molar-refractivity contribution in [1.29, 1.82) is 0 Å². The number of H-pyrrole nitrogens is 1. The highest BCUT2D eigenvalue weighted by Gasteiger charge is 2.20. The molecule has 0 saturated heterocycles. The van der Waals surface area contributed by atoms with Crippen LogP contribution in [0.15, 0.2) is 47.0 Å². The monoisotopic (exact) mass is 311 g/mol. The summed E-state index contributed by atoms with van der Waals surface area (Å²) >= 11 is 0. The number of aryl methyl sites for hydroxylation is 1. The summed E-state index contributed by atoms with van der Waals surface area (Å²) in [5.41, 5.74) is 8.24. The van der Waals surface area contributed by atoms with Crippen molar-refractivity contribution in [2.45, 2.75) is 25.9 Å². The van der Waals surface area contributed by atoms with Gasteiger partial charge in [-0.1, -0.05) is 18.2 Å². The van der Waals surface area contributed by atoms with Gasteiger partial charge in [-0.15, -0.1) is 0 Å². The standard InChI is InChI=1S/C18H21N3O2/c1-12-7-8-14(23-12)11-21(2)18(22)16(19)9-13-10-20-17-6-4-3-5-15(13)17/h3-8,10,16,20H,9,11,19H2,1-2H3/t16-/m0/s1. The van der Waals surface area contributed by atoms with Crippen LogP contribution in [0.25, 0.3) is 10.9 Å². The van der Waals surface area contributed by atoms with Crippen LogP contribution in [0.1, 0.15) is 17.1 Å². The Balaban J connectivity index is 1.67. The van der Waals surface area contributed by atoms with E-state index in [0.29, 0.717) is 13.0 Å². The summed E-state index contributed by atoms with van der Waals surface area (Å²) in [6.45, 7) is 2.31. The van der Waals surface area contributed by atoms with Crippen molar-refractivity contribution in [2.75, 3.05) is 7.05 Å². The molecule has 5 nitrogen and oxygen atoms in total.